The van der Waals surface area contributed by atoms with Gasteiger partial charge in [0.15, 0.2) is 0 Å². The highest BCUT2D eigenvalue weighted by Crippen LogP contribution is 2.34. The van der Waals surface area contributed by atoms with Gasteiger partial charge in [-0.1, -0.05) is 45.4 Å². The van der Waals surface area contributed by atoms with E-state index >= 15 is 0 Å². The summed E-state index contributed by atoms with van der Waals surface area (Å²) in [5.41, 5.74) is 2.97. The van der Waals surface area contributed by atoms with Crippen LogP contribution in [0.5, 0.6) is 0 Å². The van der Waals surface area contributed by atoms with Gasteiger partial charge < -0.3 is 5.32 Å². The van der Waals surface area contributed by atoms with E-state index in [1.54, 1.807) is 5.56 Å². The lowest BCUT2D eigenvalue weighted by Crippen LogP contribution is -2.21. The molecule has 0 atom stereocenters. The van der Waals surface area contributed by atoms with Gasteiger partial charge in [-0.15, -0.1) is 11.3 Å². The van der Waals surface area contributed by atoms with Crippen molar-refractivity contribution in [3.8, 4) is 0 Å². The Morgan fingerprint density at radius 3 is 2.72 bits per heavy atom. The van der Waals surface area contributed by atoms with E-state index in [9.17, 15) is 0 Å². The van der Waals surface area contributed by atoms with E-state index < -0.39 is 0 Å². The van der Waals surface area contributed by atoms with Gasteiger partial charge in [0.1, 0.15) is 0 Å². The van der Waals surface area contributed by atoms with Crippen molar-refractivity contribution in [3.05, 3.63) is 34.2 Å². The molecule has 0 unspecified atom stereocenters. The Bertz CT molecular complexity index is 525. The third kappa shape index (κ3) is 2.76. The number of nitrogens with one attached hydrogen (secondary N) is 1. The predicted molar refractivity (Wildman–Crippen MR) is 82.5 cm³/mol. The summed E-state index contributed by atoms with van der Waals surface area (Å²) >= 11 is 1.97. The molecular formula is C16H23NS. The lowest BCUT2D eigenvalue weighted by Gasteiger charge is -2.08. The minimum Gasteiger partial charge on any atom is -0.310 e. The molecule has 1 N–H and O–H groups in total. The first-order valence-electron chi connectivity index (χ1n) is 6.86. The Hall–Kier alpha value is -0.860. The average molecular weight is 261 g/mol. The fourth-order valence-electron chi connectivity index (χ4n) is 2.32. The molecule has 0 saturated carbocycles. The molecule has 1 aromatic carbocycles. The fourth-order valence-corrected chi connectivity index (χ4v) is 3.59. The highest BCUT2D eigenvalue weighted by atomic mass is 32.1. The molecule has 0 saturated heterocycles. The summed E-state index contributed by atoms with van der Waals surface area (Å²) in [6.45, 7) is 9.90. The molecule has 0 spiro atoms. The average Bonchev–Trinajstić information content (AvgIpc) is 2.67. The Balaban J connectivity index is 2.43. The third-order valence-electron chi connectivity index (χ3n) is 3.27. The van der Waals surface area contributed by atoms with Crippen LogP contribution in [0, 0.1) is 6.92 Å². The van der Waals surface area contributed by atoms with Crippen LogP contribution in [0.25, 0.3) is 10.1 Å². The summed E-state index contributed by atoms with van der Waals surface area (Å²) in [5.74, 6) is 0. The molecule has 2 aromatic rings. The molecule has 0 aliphatic rings. The summed E-state index contributed by atoms with van der Waals surface area (Å²) in [5, 5.41) is 5.03. The van der Waals surface area contributed by atoms with E-state index in [0.717, 1.165) is 6.54 Å². The van der Waals surface area contributed by atoms with Gasteiger partial charge in [0, 0.05) is 22.2 Å². The Labute approximate surface area is 114 Å². The van der Waals surface area contributed by atoms with Crippen molar-refractivity contribution in [1.29, 1.82) is 0 Å². The second-order valence-electron chi connectivity index (χ2n) is 5.24. The predicted octanol–water partition coefficient (Wildman–Crippen LogP) is 4.66. The fraction of sp³-hybridized carbons (Fsp3) is 0.500. The second-order valence-corrected chi connectivity index (χ2v) is 6.35. The monoisotopic (exact) mass is 261 g/mol. The van der Waals surface area contributed by atoms with Crippen LogP contribution in [-0.4, -0.2) is 6.04 Å². The van der Waals surface area contributed by atoms with Crippen LogP contribution in [0.4, 0.5) is 0 Å². The van der Waals surface area contributed by atoms with Crippen molar-refractivity contribution in [2.24, 2.45) is 0 Å². The van der Waals surface area contributed by atoms with Crippen molar-refractivity contribution in [2.45, 2.75) is 53.1 Å². The molecule has 18 heavy (non-hydrogen) atoms. The van der Waals surface area contributed by atoms with Crippen LogP contribution in [0.15, 0.2) is 18.2 Å². The number of aryl methyl sites for hydroxylation is 2. The van der Waals surface area contributed by atoms with Gasteiger partial charge in [-0.25, -0.2) is 0 Å². The minimum atomic E-state index is 0.547. The van der Waals surface area contributed by atoms with Gasteiger partial charge in [0.25, 0.3) is 0 Å². The summed E-state index contributed by atoms with van der Waals surface area (Å²) in [4.78, 5) is 1.52. The lowest BCUT2D eigenvalue weighted by molar-refractivity contribution is 0.591. The molecule has 0 bridgehead atoms. The van der Waals surface area contributed by atoms with E-state index in [4.69, 9.17) is 0 Å². The zero-order valence-electron chi connectivity index (χ0n) is 11.8. The van der Waals surface area contributed by atoms with E-state index in [0.29, 0.717) is 6.04 Å². The number of hydrogen-bond acceptors (Lipinski definition) is 2. The van der Waals surface area contributed by atoms with Crippen molar-refractivity contribution in [2.75, 3.05) is 0 Å². The maximum Gasteiger partial charge on any atom is 0.0378 e. The van der Waals surface area contributed by atoms with Crippen molar-refractivity contribution >= 4 is 21.4 Å². The number of rotatable bonds is 5. The first kappa shape index (κ1) is 13.6. The Morgan fingerprint density at radius 1 is 1.28 bits per heavy atom. The molecule has 0 radical (unpaired) electrons. The van der Waals surface area contributed by atoms with E-state index in [2.05, 4.69) is 51.2 Å². The maximum atomic E-state index is 3.55. The Morgan fingerprint density at radius 2 is 2.06 bits per heavy atom. The number of benzene rings is 1. The number of thiophene rings is 1. The quantitative estimate of drug-likeness (QED) is 0.825. The zero-order valence-corrected chi connectivity index (χ0v) is 12.7. The molecule has 98 valence electrons. The molecule has 2 rings (SSSR count). The van der Waals surface area contributed by atoms with Gasteiger partial charge >= 0.3 is 0 Å². The first-order chi connectivity index (χ1) is 8.63. The first-order valence-corrected chi connectivity index (χ1v) is 7.68. The topological polar surface area (TPSA) is 12.0 Å². The van der Waals surface area contributed by atoms with Gasteiger partial charge in [-0.2, -0.15) is 0 Å². The van der Waals surface area contributed by atoms with Crippen LogP contribution in [0.1, 0.15) is 43.2 Å². The van der Waals surface area contributed by atoms with E-state index in [1.165, 1.54) is 33.4 Å². The van der Waals surface area contributed by atoms with Crippen LogP contribution in [-0.2, 0) is 13.0 Å². The van der Waals surface area contributed by atoms with Crippen molar-refractivity contribution < 1.29 is 0 Å². The highest BCUT2D eigenvalue weighted by molar-refractivity contribution is 7.19. The number of fused-ring (bicyclic) bond motifs is 1. The van der Waals surface area contributed by atoms with Crippen LogP contribution < -0.4 is 5.32 Å². The van der Waals surface area contributed by atoms with Crippen LogP contribution >= 0.6 is 11.3 Å². The molecule has 1 nitrogen and oxygen atoms in total. The van der Waals surface area contributed by atoms with Crippen LogP contribution in [0.2, 0.25) is 0 Å². The Kier molecular flexibility index (Phi) is 4.41. The molecule has 0 aliphatic heterocycles. The molecule has 0 aliphatic carbocycles. The lowest BCUT2D eigenvalue weighted by atomic mass is 10.0. The van der Waals surface area contributed by atoms with E-state index in [-0.39, 0.29) is 0 Å². The van der Waals surface area contributed by atoms with E-state index in [1.807, 2.05) is 11.3 Å². The highest BCUT2D eigenvalue weighted by Gasteiger charge is 2.12. The SMILES string of the molecule is CCCc1c(CNC(C)C)sc2c(C)cccc12. The second kappa shape index (κ2) is 5.85. The summed E-state index contributed by atoms with van der Waals surface area (Å²) in [6, 6.07) is 7.23. The summed E-state index contributed by atoms with van der Waals surface area (Å²) < 4.78 is 1.47. The van der Waals surface area contributed by atoms with Crippen LogP contribution in [0.3, 0.4) is 0 Å². The number of hydrogen-bond donors (Lipinski definition) is 1. The van der Waals surface area contributed by atoms with Gasteiger partial charge in [0.2, 0.25) is 0 Å². The zero-order chi connectivity index (χ0) is 13.1. The molecule has 0 fully saturated rings. The van der Waals surface area contributed by atoms with Gasteiger partial charge in [-0.3, -0.25) is 0 Å². The molecule has 2 heteroatoms. The smallest absolute Gasteiger partial charge is 0.0378 e. The minimum absolute atomic E-state index is 0.547. The molecule has 1 heterocycles. The van der Waals surface area contributed by atoms with Gasteiger partial charge in [-0.05, 0) is 29.9 Å². The standard InChI is InChI=1S/C16H23NS/c1-5-7-13-14-9-6-8-12(4)16(14)18-15(13)10-17-11(2)3/h6,8-9,11,17H,5,7,10H2,1-4H3. The third-order valence-corrected chi connectivity index (χ3v) is 4.65. The molecule has 1 aromatic heterocycles. The molecular weight excluding hydrogens is 238 g/mol. The maximum absolute atomic E-state index is 3.55. The van der Waals surface area contributed by atoms with Gasteiger partial charge in [0.05, 0.1) is 0 Å². The van der Waals surface area contributed by atoms with Crippen molar-refractivity contribution in [1.82, 2.24) is 5.32 Å². The normalized spacial score (nSPS) is 11.6. The summed E-state index contributed by atoms with van der Waals surface area (Å²) in [7, 11) is 0. The largest absolute Gasteiger partial charge is 0.310 e. The summed E-state index contributed by atoms with van der Waals surface area (Å²) in [6.07, 6.45) is 2.41. The van der Waals surface area contributed by atoms with Crippen molar-refractivity contribution in [3.63, 3.8) is 0 Å². The molecule has 0 amide bonds.